The van der Waals surface area contributed by atoms with Crippen molar-refractivity contribution in [3.63, 3.8) is 0 Å². The molecule has 1 atom stereocenters. The molecule has 1 aromatic carbocycles. The predicted octanol–water partition coefficient (Wildman–Crippen LogP) is 2.84. The minimum atomic E-state index is 0.446. The van der Waals surface area contributed by atoms with Crippen molar-refractivity contribution in [2.45, 2.75) is 25.9 Å². The molecule has 0 aliphatic carbocycles. The molecule has 3 heteroatoms. The lowest BCUT2D eigenvalue weighted by Crippen LogP contribution is -2.14. The van der Waals surface area contributed by atoms with E-state index >= 15 is 0 Å². The minimum absolute atomic E-state index is 0.446. The van der Waals surface area contributed by atoms with Crippen molar-refractivity contribution < 1.29 is 0 Å². The Bertz CT molecular complexity index is 504. The van der Waals surface area contributed by atoms with Gasteiger partial charge in [0.15, 0.2) is 0 Å². The highest BCUT2D eigenvalue weighted by molar-refractivity contribution is 7.09. The standard InChI is InChI=1S/C13H14N2S/c1-9-8-16-13(15-9)6-12-11-5-3-2-4-10(11)7-14-12/h2-5,8,12,14H,6-7H2,1H3. The zero-order chi connectivity index (χ0) is 11.0. The molecular formula is C13H14N2S. The number of hydrogen-bond donors (Lipinski definition) is 1. The second-order valence-electron chi connectivity index (χ2n) is 4.22. The Hall–Kier alpha value is -1.19. The second-order valence-corrected chi connectivity index (χ2v) is 5.16. The van der Waals surface area contributed by atoms with E-state index in [1.54, 1.807) is 11.3 Å². The van der Waals surface area contributed by atoms with E-state index in [4.69, 9.17) is 0 Å². The first-order chi connectivity index (χ1) is 7.83. The van der Waals surface area contributed by atoms with Crippen molar-refractivity contribution in [1.82, 2.24) is 10.3 Å². The van der Waals surface area contributed by atoms with Crippen LogP contribution in [0.1, 0.15) is 27.9 Å². The summed E-state index contributed by atoms with van der Waals surface area (Å²) < 4.78 is 0. The van der Waals surface area contributed by atoms with Crippen LogP contribution in [-0.4, -0.2) is 4.98 Å². The Morgan fingerprint density at radius 3 is 3.12 bits per heavy atom. The molecule has 1 aliphatic rings. The molecule has 2 heterocycles. The van der Waals surface area contributed by atoms with Gasteiger partial charge >= 0.3 is 0 Å². The fraction of sp³-hybridized carbons (Fsp3) is 0.308. The van der Waals surface area contributed by atoms with Gasteiger partial charge in [-0.05, 0) is 18.1 Å². The largest absolute Gasteiger partial charge is 0.305 e. The molecule has 2 aromatic rings. The number of nitrogens with one attached hydrogen (secondary N) is 1. The highest BCUT2D eigenvalue weighted by atomic mass is 32.1. The Morgan fingerprint density at radius 1 is 1.44 bits per heavy atom. The molecule has 1 aromatic heterocycles. The molecular weight excluding hydrogens is 216 g/mol. The predicted molar refractivity (Wildman–Crippen MR) is 66.6 cm³/mol. The topological polar surface area (TPSA) is 24.9 Å². The number of benzene rings is 1. The molecule has 0 saturated carbocycles. The Labute approximate surface area is 99.4 Å². The van der Waals surface area contributed by atoms with Gasteiger partial charge in [-0.3, -0.25) is 0 Å². The first-order valence-corrected chi connectivity index (χ1v) is 6.43. The molecule has 16 heavy (non-hydrogen) atoms. The zero-order valence-electron chi connectivity index (χ0n) is 9.23. The summed E-state index contributed by atoms with van der Waals surface area (Å²) in [6, 6.07) is 9.10. The van der Waals surface area contributed by atoms with Gasteiger partial charge in [0.1, 0.15) is 0 Å². The maximum Gasteiger partial charge on any atom is 0.0947 e. The average molecular weight is 230 g/mol. The number of rotatable bonds is 2. The van der Waals surface area contributed by atoms with Crippen molar-refractivity contribution in [3.05, 3.63) is 51.5 Å². The fourth-order valence-corrected chi connectivity index (χ4v) is 3.05. The van der Waals surface area contributed by atoms with Crippen LogP contribution in [0.3, 0.4) is 0 Å². The monoisotopic (exact) mass is 230 g/mol. The Morgan fingerprint density at radius 2 is 2.31 bits per heavy atom. The summed E-state index contributed by atoms with van der Waals surface area (Å²) in [5.41, 5.74) is 4.00. The van der Waals surface area contributed by atoms with E-state index in [0.717, 1.165) is 18.7 Å². The van der Waals surface area contributed by atoms with Gasteiger partial charge in [0.05, 0.1) is 5.01 Å². The molecule has 1 unspecified atom stereocenters. The third kappa shape index (κ3) is 1.77. The molecule has 82 valence electrons. The smallest absolute Gasteiger partial charge is 0.0947 e. The lowest BCUT2D eigenvalue weighted by molar-refractivity contribution is 0.579. The molecule has 0 bridgehead atoms. The van der Waals surface area contributed by atoms with E-state index < -0.39 is 0 Å². The number of thiazole rings is 1. The van der Waals surface area contributed by atoms with Crippen LogP contribution < -0.4 is 5.32 Å². The summed E-state index contributed by atoms with van der Waals surface area (Å²) >= 11 is 1.76. The van der Waals surface area contributed by atoms with Crippen LogP contribution in [0.25, 0.3) is 0 Å². The lowest BCUT2D eigenvalue weighted by atomic mass is 10.0. The van der Waals surface area contributed by atoms with Gasteiger partial charge in [0.25, 0.3) is 0 Å². The van der Waals surface area contributed by atoms with E-state index in [9.17, 15) is 0 Å². The van der Waals surface area contributed by atoms with Crippen LogP contribution >= 0.6 is 11.3 Å². The number of hydrogen-bond acceptors (Lipinski definition) is 3. The molecule has 0 amide bonds. The third-order valence-electron chi connectivity index (χ3n) is 3.01. The van der Waals surface area contributed by atoms with Gasteiger partial charge in [0, 0.05) is 30.1 Å². The maximum atomic E-state index is 4.53. The van der Waals surface area contributed by atoms with Crippen molar-refractivity contribution in [1.29, 1.82) is 0 Å². The van der Waals surface area contributed by atoms with Gasteiger partial charge < -0.3 is 5.32 Å². The van der Waals surface area contributed by atoms with Crippen LogP contribution in [0, 0.1) is 6.92 Å². The normalized spacial score (nSPS) is 18.7. The average Bonchev–Trinajstić information content (AvgIpc) is 2.87. The summed E-state index contributed by atoms with van der Waals surface area (Å²) in [5, 5.41) is 6.90. The number of aromatic nitrogens is 1. The van der Waals surface area contributed by atoms with Crippen LogP contribution in [0.4, 0.5) is 0 Å². The highest BCUT2D eigenvalue weighted by Crippen LogP contribution is 2.28. The molecule has 1 N–H and O–H groups in total. The first kappa shape index (κ1) is 10.00. The van der Waals surface area contributed by atoms with E-state index in [1.165, 1.54) is 16.1 Å². The molecule has 0 fully saturated rings. The first-order valence-electron chi connectivity index (χ1n) is 5.55. The minimum Gasteiger partial charge on any atom is -0.305 e. The van der Waals surface area contributed by atoms with Crippen LogP contribution in [0.5, 0.6) is 0 Å². The molecule has 3 rings (SSSR count). The fourth-order valence-electron chi connectivity index (χ4n) is 2.23. The number of fused-ring (bicyclic) bond motifs is 1. The van der Waals surface area contributed by atoms with E-state index in [1.807, 2.05) is 0 Å². The SMILES string of the molecule is Cc1csc(CC2NCc3ccccc32)n1. The Kier molecular flexibility index (Phi) is 2.50. The van der Waals surface area contributed by atoms with Gasteiger partial charge in [-0.15, -0.1) is 11.3 Å². The highest BCUT2D eigenvalue weighted by Gasteiger charge is 2.22. The van der Waals surface area contributed by atoms with Crippen molar-refractivity contribution in [2.24, 2.45) is 0 Å². The van der Waals surface area contributed by atoms with Gasteiger partial charge in [-0.1, -0.05) is 24.3 Å². The molecule has 1 aliphatic heterocycles. The summed E-state index contributed by atoms with van der Waals surface area (Å²) in [7, 11) is 0. The van der Waals surface area contributed by atoms with Gasteiger partial charge in [-0.25, -0.2) is 4.98 Å². The molecule has 0 saturated heterocycles. The van der Waals surface area contributed by atoms with E-state index in [2.05, 4.69) is 46.9 Å². The second kappa shape index (κ2) is 4.00. The van der Waals surface area contributed by atoms with Gasteiger partial charge in [0.2, 0.25) is 0 Å². The Balaban J connectivity index is 1.83. The summed E-state index contributed by atoms with van der Waals surface area (Å²) in [5.74, 6) is 0. The molecule has 2 nitrogen and oxygen atoms in total. The van der Waals surface area contributed by atoms with Crippen LogP contribution in [-0.2, 0) is 13.0 Å². The lowest BCUT2D eigenvalue weighted by Gasteiger charge is -2.09. The molecule has 0 spiro atoms. The summed E-state index contributed by atoms with van der Waals surface area (Å²) in [4.78, 5) is 4.53. The van der Waals surface area contributed by atoms with Crippen molar-refractivity contribution in [2.75, 3.05) is 0 Å². The van der Waals surface area contributed by atoms with E-state index in [-0.39, 0.29) is 0 Å². The van der Waals surface area contributed by atoms with Crippen LogP contribution in [0.15, 0.2) is 29.6 Å². The summed E-state index contributed by atoms with van der Waals surface area (Å²) in [6.45, 7) is 3.04. The number of aryl methyl sites for hydroxylation is 1. The van der Waals surface area contributed by atoms with Crippen LogP contribution in [0.2, 0.25) is 0 Å². The van der Waals surface area contributed by atoms with Crippen molar-refractivity contribution >= 4 is 11.3 Å². The van der Waals surface area contributed by atoms with Crippen molar-refractivity contribution in [3.8, 4) is 0 Å². The quantitative estimate of drug-likeness (QED) is 0.858. The molecule has 0 radical (unpaired) electrons. The zero-order valence-corrected chi connectivity index (χ0v) is 10.1. The number of nitrogens with zero attached hydrogens (tertiary/aromatic N) is 1. The van der Waals surface area contributed by atoms with Gasteiger partial charge in [-0.2, -0.15) is 0 Å². The third-order valence-corrected chi connectivity index (χ3v) is 4.00. The maximum absolute atomic E-state index is 4.53. The van der Waals surface area contributed by atoms with E-state index in [0.29, 0.717) is 6.04 Å². The summed E-state index contributed by atoms with van der Waals surface area (Å²) in [6.07, 6.45) is 1.01.